The summed E-state index contributed by atoms with van der Waals surface area (Å²) in [7, 11) is 1.64. The largest absolute Gasteiger partial charge is 0.481 e. The third kappa shape index (κ3) is 3.28. The average molecular weight is 419 g/mol. The van der Waals surface area contributed by atoms with Crippen molar-refractivity contribution in [1.82, 2.24) is 25.6 Å². The summed E-state index contributed by atoms with van der Waals surface area (Å²) in [5.41, 5.74) is 1.05. The second-order valence-electron chi connectivity index (χ2n) is 6.78. The normalized spacial score (nSPS) is 21.9. The van der Waals surface area contributed by atoms with Gasteiger partial charge >= 0.3 is 0 Å². The van der Waals surface area contributed by atoms with Crippen molar-refractivity contribution in [3.63, 3.8) is 0 Å². The molecule has 0 aliphatic carbocycles. The van der Waals surface area contributed by atoms with E-state index in [0.717, 1.165) is 49.1 Å². The summed E-state index contributed by atoms with van der Waals surface area (Å²) in [6.07, 6.45) is 6.58. The zero-order chi connectivity index (χ0) is 18.0. The molecular weight excluding hydrogens is 396 g/mol. The predicted octanol–water partition coefficient (Wildman–Crippen LogP) is 1.74. The standard InChI is InChI=1S/C18H23BrN6O/c1-26-16-4-8-22-17(24-16)25-15(11-14-13(19)3-2-7-21-14)23-12-18(25)5-9-20-10-6-18/h2-4,7-8,15,20,23H,5-6,9-12H2,1H3. The smallest absolute Gasteiger partial charge is 0.230 e. The number of halogens is 1. The van der Waals surface area contributed by atoms with Crippen molar-refractivity contribution in [2.45, 2.75) is 31.0 Å². The van der Waals surface area contributed by atoms with Crippen molar-refractivity contribution in [3.8, 4) is 5.88 Å². The third-order valence-corrected chi connectivity index (χ3v) is 6.01. The molecule has 2 aliphatic heterocycles. The molecule has 2 fully saturated rings. The predicted molar refractivity (Wildman–Crippen MR) is 103 cm³/mol. The van der Waals surface area contributed by atoms with Gasteiger partial charge in [0.1, 0.15) is 0 Å². The van der Waals surface area contributed by atoms with Crippen LogP contribution in [-0.4, -0.2) is 53.4 Å². The number of ether oxygens (including phenoxy) is 1. The lowest BCUT2D eigenvalue weighted by Crippen LogP contribution is -2.55. The highest BCUT2D eigenvalue weighted by atomic mass is 79.9. The molecule has 2 saturated heterocycles. The molecule has 0 aromatic carbocycles. The molecule has 138 valence electrons. The van der Waals surface area contributed by atoms with Crippen molar-refractivity contribution >= 4 is 21.9 Å². The minimum atomic E-state index is 0.0174. The van der Waals surface area contributed by atoms with E-state index in [1.807, 2.05) is 18.3 Å². The molecular formula is C18H23BrN6O. The first-order valence-corrected chi connectivity index (χ1v) is 9.71. The van der Waals surface area contributed by atoms with Gasteiger partial charge in [0.25, 0.3) is 0 Å². The van der Waals surface area contributed by atoms with E-state index < -0.39 is 0 Å². The number of rotatable bonds is 4. The van der Waals surface area contributed by atoms with E-state index in [9.17, 15) is 0 Å². The van der Waals surface area contributed by atoms with Crippen molar-refractivity contribution in [1.29, 1.82) is 0 Å². The summed E-state index contributed by atoms with van der Waals surface area (Å²) in [6.45, 7) is 2.93. The third-order valence-electron chi connectivity index (χ3n) is 5.29. The first kappa shape index (κ1) is 17.6. The zero-order valence-corrected chi connectivity index (χ0v) is 16.4. The summed E-state index contributed by atoms with van der Waals surface area (Å²) in [6, 6.07) is 5.75. The molecule has 2 aromatic heterocycles. The van der Waals surface area contributed by atoms with E-state index in [4.69, 9.17) is 4.74 Å². The van der Waals surface area contributed by atoms with E-state index in [0.29, 0.717) is 11.8 Å². The van der Waals surface area contributed by atoms with Crippen molar-refractivity contribution in [2.75, 3.05) is 31.6 Å². The van der Waals surface area contributed by atoms with Crippen LogP contribution >= 0.6 is 15.9 Å². The fourth-order valence-corrected chi connectivity index (χ4v) is 4.37. The van der Waals surface area contributed by atoms with Crippen LogP contribution in [0.2, 0.25) is 0 Å². The molecule has 1 spiro atoms. The van der Waals surface area contributed by atoms with Crippen LogP contribution in [0.4, 0.5) is 5.95 Å². The molecule has 2 aliphatic rings. The van der Waals surface area contributed by atoms with Crippen LogP contribution in [-0.2, 0) is 6.42 Å². The summed E-state index contributed by atoms with van der Waals surface area (Å²) < 4.78 is 6.36. The molecule has 26 heavy (non-hydrogen) atoms. The SMILES string of the molecule is COc1ccnc(N2C(Cc3ncccc3Br)NCC23CCNCC3)n1. The van der Waals surface area contributed by atoms with Crippen molar-refractivity contribution in [2.24, 2.45) is 0 Å². The first-order chi connectivity index (χ1) is 12.7. The van der Waals surface area contributed by atoms with E-state index in [-0.39, 0.29) is 11.7 Å². The lowest BCUT2D eigenvalue weighted by atomic mass is 9.87. The molecule has 2 aromatic rings. The van der Waals surface area contributed by atoms with Gasteiger partial charge in [0, 0.05) is 35.9 Å². The Morgan fingerprint density at radius 3 is 2.88 bits per heavy atom. The maximum atomic E-state index is 5.33. The molecule has 2 N–H and O–H groups in total. The highest BCUT2D eigenvalue weighted by Crippen LogP contribution is 2.36. The highest BCUT2D eigenvalue weighted by Gasteiger charge is 2.48. The zero-order valence-electron chi connectivity index (χ0n) is 14.8. The maximum Gasteiger partial charge on any atom is 0.230 e. The molecule has 0 amide bonds. The van der Waals surface area contributed by atoms with Crippen LogP contribution in [0.5, 0.6) is 5.88 Å². The fourth-order valence-electron chi connectivity index (χ4n) is 3.95. The molecule has 1 unspecified atom stereocenters. The number of piperidine rings is 1. The molecule has 7 nitrogen and oxygen atoms in total. The summed E-state index contributed by atoms with van der Waals surface area (Å²) >= 11 is 3.62. The van der Waals surface area contributed by atoms with Crippen molar-refractivity contribution in [3.05, 3.63) is 40.8 Å². The average Bonchev–Trinajstić information content (AvgIpc) is 3.01. The Bertz CT molecular complexity index is 767. The van der Waals surface area contributed by atoms with Gasteiger partial charge in [0.2, 0.25) is 11.8 Å². The minimum absolute atomic E-state index is 0.0174. The fraction of sp³-hybridized carbons (Fsp3) is 0.500. The second kappa shape index (κ2) is 7.46. The van der Waals surface area contributed by atoms with E-state index in [2.05, 4.69) is 46.4 Å². The van der Waals surface area contributed by atoms with Gasteiger partial charge in [-0.3, -0.25) is 10.3 Å². The van der Waals surface area contributed by atoms with Crippen LogP contribution in [0, 0.1) is 0 Å². The number of methoxy groups -OCH3 is 1. The molecule has 8 heteroatoms. The molecule has 1 atom stereocenters. The Labute approximate surface area is 161 Å². The molecule has 4 heterocycles. The van der Waals surface area contributed by atoms with Crippen molar-refractivity contribution < 1.29 is 4.74 Å². The van der Waals surface area contributed by atoms with Gasteiger partial charge in [-0.25, -0.2) is 4.98 Å². The number of hydrogen-bond donors (Lipinski definition) is 2. The van der Waals surface area contributed by atoms with E-state index >= 15 is 0 Å². The van der Waals surface area contributed by atoms with E-state index in [1.165, 1.54) is 0 Å². The number of hydrogen-bond acceptors (Lipinski definition) is 7. The van der Waals surface area contributed by atoms with Gasteiger partial charge in [-0.2, -0.15) is 4.98 Å². The van der Waals surface area contributed by atoms with Gasteiger partial charge in [-0.1, -0.05) is 0 Å². The van der Waals surface area contributed by atoms with Gasteiger partial charge in [-0.15, -0.1) is 0 Å². The van der Waals surface area contributed by atoms with Gasteiger partial charge in [0.05, 0.1) is 24.5 Å². The summed E-state index contributed by atoms with van der Waals surface area (Å²) in [5, 5.41) is 7.16. The molecule has 0 radical (unpaired) electrons. The molecule has 0 saturated carbocycles. The Morgan fingerprint density at radius 1 is 1.27 bits per heavy atom. The maximum absolute atomic E-state index is 5.33. The number of nitrogens with zero attached hydrogens (tertiary/aromatic N) is 4. The van der Waals surface area contributed by atoms with Gasteiger partial charge < -0.3 is 15.0 Å². The number of anilines is 1. The Hall–Kier alpha value is -1.77. The Kier molecular flexibility index (Phi) is 5.06. The van der Waals surface area contributed by atoms with Crippen LogP contribution < -0.4 is 20.3 Å². The topological polar surface area (TPSA) is 75.2 Å². The van der Waals surface area contributed by atoms with Crippen LogP contribution in [0.15, 0.2) is 35.1 Å². The Morgan fingerprint density at radius 2 is 2.12 bits per heavy atom. The van der Waals surface area contributed by atoms with Crippen LogP contribution in [0.3, 0.4) is 0 Å². The quantitative estimate of drug-likeness (QED) is 0.782. The first-order valence-electron chi connectivity index (χ1n) is 8.92. The summed E-state index contributed by atoms with van der Waals surface area (Å²) in [5.74, 6) is 1.30. The number of nitrogens with one attached hydrogen (secondary N) is 2. The Balaban J connectivity index is 1.69. The number of aromatic nitrogens is 3. The van der Waals surface area contributed by atoms with E-state index in [1.54, 1.807) is 19.4 Å². The lowest BCUT2D eigenvalue weighted by Gasteiger charge is -2.43. The number of pyridine rings is 1. The molecule has 0 bridgehead atoms. The monoisotopic (exact) mass is 418 g/mol. The van der Waals surface area contributed by atoms with Crippen LogP contribution in [0.1, 0.15) is 18.5 Å². The summed E-state index contributed by atoms with van der Waals surface area (Å²) in [4.78, 5) is 16.1. The second-order valence-corrected chi connectivity index (χ2v) is 7.63. The molecule has 4 rings (SSSR count). The van der Waals surface area contributed by atoms with Crippen LogP contribution in [0.25, 0.3) is 0 Å². The minimum Gasteiger partial charge on any atom is -0.481 e. The van der Waals surface area contributed by atoms with Gasteiger partial charge in [0.15, 0.2) is 0 Å². The highest BCUT2D eigenvalue weighted by molar-refractivity contribution is 9.10. The van der Waals surface area contributed by atoms with Gasteiger partial charge in [-0.05, 0) is 54.0 Å². The lowest BCUT2D eigenvalue weighted by molar-refractivity contribution is 0.316.